The molecule has 162 valence electrons. The zero-order valence-electron chi connectivity index (χ0n) is 16.8. The minimum atomic E-state index is -4.00. The number of aliphatic hydroxyl groups is 2. The Morgan fingerprint density at radius 1 is 0.862 bits per heavy atom. The smallest absolute Gasteiger partial charge is 0.335 e. The lowest BCUT2D eigenvalue weighted by molar-refractivity contribution is 0.0186. The van der Waals surface area contributed by atoms with Crippen LogP contribution in [0.1, 0.15) is 44.0 Å². The van der Waals surface area contributed by atoms with Crippen LogP contribution in [0.4, 0.5) is 0 Å². The van der Waals surface area contributed by atoms with Gasteiger partial charge < -0.3 is 15.3 Å². The number of benzene rings is 2. The van der Waals surface area contributed by atoms with E-state index in [1.54, 1.807) is 48.5 Å². The topological polar surface area (TPSA) is 132 Å². The van der Waals surface area contributed by atoms with Crippen molar-refractivity contribution in [2.75, 3.05) is 0 Å². The third-order valence-electron chi connectivity index (χ3n) is 4.11. The van der Waals surface area contributed by atoms with Crippen LogP contribution < -0.4 is 0 Å². The zero-order chi connectivity index (χ0) is 22.4. The summed E-state index contributed by atoms with van der Waals surface area (Å²) in [7, 11) is -4.00. The van der Waals surface area contributed by atoms with Crippen LogP contribution in [0.15, 0.2) is 65.6 Å². The molecule has 0 fully saturated rings. The molecule has 0 heterocycles. The van der Waals surface area contributed by atoms with E-state index in [0.717, 1.165) is 12.8 Å². The Labute approximate surface area is 172 Å². The second-order valence-corrected chi connectivity index (χ2v) is 7.69. The first-order valence-electron chi connectivity index (χ1n) is 9.21. The summed E-state index contributed by atoms with van der Waals surface area (Å²) in [6.45, 7) is 5.72. The molecule has 0 saturated heterocycles. The Kier molecular flexibility index (Phi) is 12.8. The number of carbonyl (C=O) groups is 1. The summed E-state index contributed by atoms with van der Waals surface area (Å²) in [6, 6.07) is 15.7. The average Bonchev–Trinajstić information content (AvgIpc) is 2.73. The minimum Gasteiger partial charge on any atom is -0.478 e. The highest BCUT2D eigenvalue weighted by molar-refractivity contribution is 7.85. The van der Waals surface area contributed by atoms with Crippen molar-refractivity contribution >= 4 is 16.1 Å². The van der Waals surface area contributed by atoms with Gasteiger partial charge in [0.05, 0.1) is 22.7 Å². The van der Waals surface area contributed by atoms with Crippen molar-refractivity contribution in [2.24, 2.45) is 5.92 Å². The molecule has 0 aliphatic heterocycles. The van der Waals surface area contributed by atoms with E-state index < -0.39 is 16.1 Å². The van der Waals surface area contributed by atoms with Gasteiger partial charge in [-0.3, -0.25) is 4.55 Å². The van der Waals surface area contributed by atoms with Gasteiger partial charge in [0.25, 0.3) is 10.1 Å². The largest absolute Gasteiger partial charge is 0.478 e. The molecule has 8 heteroatoms. The van der Waals surface area contributed by atoms with E-state index in [0.29, 0.717) is 5.56 Å². The molecule has 0 amide bonds. The first kappa shape index (κ1) is 26.7. The van der Waals surface area contributed by atoms with Gasteiger partial charge in [-0.25, -0.2) is 4.79 Å². The number of aliphatic hydroxyl groups excluding tert-OH is 2. The van der Waals surface area contributed by atoms with Crippen molar-refractivity contribution in [1.29, 1.82) is 0 Å². The van der Waals surface area contributed by atoms with Crippen LogP contribution in [0.5, 0.6) is 0 Å². The normalized spacial score (nSPS) is 13.6. The van der Waals surface area contributed by atoms with Crippen molar-refractivity contribution in [3.63, 3.8) is 0 Å². The Balaban J connectivity index is 0.000000406. The van der Waals surface area contributed by atoms with E-state index in [4.69, 9.17) is 9.66 Å². The molecule has 0 bridgehead atoms. The predicted octanol–water partition coefficient (Wildman–Crippen LogP) is 3.48. The monoisotopic (exact) mass is 426 g/mol. The average molecular weight is 427 g/mol. The maximum Gasteiger partial charge on any atom is 0.335 e. The molecule has 2 rings (SSSR count). The van der Waals surface area contributed by atoms with Crippen molar-refractivity contribution in [3.05, 3.63) is 66.2 Å². The molecule has 7 nitrogen and oxygen atoms in total. The van der Waals surface area contributed by atoms with E-state index in [9.17, 15) is 23.4 Å². The standard InChI is InChI=1S/C8H18O2.C7H6O2.C6H6O3S/c1-4-7(9)6(3)8(10)5-2;8-7(9)6-4-2-1-3-5-6;7-10(8,9)6-4-2-1-3-5-6/h6-10H,4-5H2,1-3H3;1-5H,(H,8,9);1-5H,(H,7,8,9). The van der Waals surface area contributed by atoms with Crippen molar-refractivity contribution in [1.82, 2.24) is 0 Å². The summed E-state index contributed by atoms with van der Waals surface area (Å²) >= 11 is 0. The van der Waals surface area contributed by atoms with E-state index in [1.165, 1.54) is 12.1 Å². The second kappa shape index (κ2) is 13.8. The van der Waals surface area contributed by atoms with Crippen LogP contribution >= 0.6 is 0 Å². The lowest BCUT2D eigenvalue weighted by Gasteiger charge is -2.21. The lowest BCUT2D eigenvalue weighted by atomic mass is 9.95. The highest BCUT2D eigenvalue weighted by Gasteiger charge is 2.18. The van der Waals surface area contributed by atoms with Gasteiger partial charge in [0.15, 0.2) is 0 Å². The fourth-order valence-electron chi connectivity index (χ4n) is 2.17. The second-order valence-electron chi connectivity index (χ2n) is 6.27. The van der Waals surface area contributed by atoms with Gasteiger partial charge in [-0.1, -0.05) is 57.2 Å². The quantitative estimate of drug-likeness (QED) is 0.520. The first-order valence-corrected chi connectivity index (χ1v) is 10.7. The Hall–Kier alpha value is -2.26. The van der Waals surface area contributed by atoms with Crippen LogP contribution in [0.3, 0.4) is 0 Å². The minimum absolute atomic E-state index is 0.00926. The van der Waals surface area contributed by atoms with Crippen molar-refractivity contribution < 1.29 is 33.1 Å². The summed E-state index contributed by atoms with van der Waals surface area (Å²) in [5.41, 5.74) is 0.331. The summed E-state index contributed by atoms with van der Waals surface area (Å²) < 4.78 is 29.2. The summed E-state index contributed by atoms with van der Waals surface area (Å²) in [5.74, 6) is -0.870. The Bertz CT molecular complexity index is 782. The Morgan fingerprint density at radius 2 is 1.24 bits per heavy atom. The first-order chi connectivity index (χ1) is 13.5. The Morgan fingerprint density at radius 3 is 1.48 bits per heavy atom. The maximum atomic E-state index is 10.4. The summed E-state index contributed by atoms with van der Waals surface area (Å²) in [5, 5.41) is 26.9. The molecule has 0 spiro atoms. The van der Waals surface area contributed by atoms with E-state index in [-0.39, 0.29) is 23.0 Å². The third-order valence-corrected chi connectivity index (χ3v) is 4.98. The number of aromatic carboxylic acids is 1. The summed E-state index contributed by atoms with van der Waals surface area (Å²) in [4.78, 5) is 10.1. The van der Waals surface area contributed by atoms with Crippen LogP contribution in [0.2, 0.25) is 0 Å². The fourth-order valence-corrected chi connectivity index (χ4v) is 2.67. The molecule has 2 aromatic carbocycles. The van der Waals surface area contributed by atoms with Gasteiger partial charge in [-0.15, -0.1) is 0 Å². The lowest BCUT2D eigenvalue weighted by Crippen LogP contribution is -2.28. The van der Waals surface area contributed by atoms with Gasteiger partial charge >= 0.3 is 5.97 Å². The molecule has 2 atom stereocenters. The number of hydrogen-bond donors (Lipinski definition) is 4. The zero-order valence-corrected chi connectivity index (χ0v) is 17.7. The molecule has 29 heavy (non-hydrogen) atoms. The molecule has 2 aromatic rings. The van der Waals surface area contributed by atoms with Gasteiger partial charge in [0.1, 0.15) is 0 Å². The molecule has 2 unspecified atom stereocenters. The molecule has 0 aliphatic rings. The van der Waals surface area contributed by atoms with Gasteiger partial charge in [0, 0.05) is 5.92 Å². The van der Waals surface area contributed by atoms with Gasteiger partial charge in [-0.05, 0) is 37.1 Å². The highest BCUT2D eigenvalue weighted by Crippen LogP contribution is 2.13. The molecular weight excluding hydrogens is 396 g/mol. The van der Waals surface area contributed by atoms with E-state index in [2.05, 4.69) is 0 Å². The highest BCUT2D eigenvalue weighted by atomic mass is 32.2. The molecule has 0 radical (unpaired) electrons. The summed E-state index contributed by atoms with van der Waals surface area (Å²) in [6.07, 6.45) is 0.737. The predicted molar refractivity (Wildman–Crippen MR) is 111 cm³/mol. The number of carboxylic acids is 1. The molecule has 0 aromatic heterocycles. The van der Waals surface area contributed by atoms with Gasteiger partial charge in [-0.2, -0.15) is 8.42 Å². The van der Waals surface area contributed by atoms with Crippen LogP contribution in [0.25, 0.3) is 0 Å². The van der Waals surface area contributed by atoms with E-state index >= 15 is 0 Å². The third kappa shape index (κ3) is 11.4. The molecular formula is C21H30O7S. The van der Waals surface area contributed by atoms with Crippen LogP contribution in [0, 0.1) is 5.92 Å². The van der Waals surface area contributed by atoms with Crippen LogP contribution in [-0.4, -0.2) is 46.5 Å². The number of rotatable bonds is 6. The maximum absolute atomic E-state index is 10.4. The van der Waals surface area contributed by atoms with Crippen molar-refractivity contribution in [2.45, 2.75) is 50.7 Å². The number of carboxylic acid groups (broad SMARTS) is 1. The fraction of sp³-hybridized carbons (Fsp3) is 0.381. The van der Waals surface area contributed by atoms with Gasteiger partial charge in [0.2, 0.25) is 0 Å². The molecule has 4 N–H and O–H groups in total. The molecule has 0 saturated carbocycles. The van der Waals surface area contributed by atoms with Crippen molar-refractivity contribution in [3.8, 4) is 0 Å². The van der Waals surface area contributed by atoms with Crippen LogP contribution in [-0.2, 0) is 10.1 Å². The SMILES string of the molecule is CCC(O)C(C)C(O)CC.O=C(O)c1ccccc1.O=S(=O)(O)c1ccccc1. The molecule has 0 aliphatic carbocycles. The number of hydrogen-bond acceptors (Lipinski definition) is 5. The van der Waals surface area contributed by atoms with E-state index in [1.807, 2.05) is 20.8 Å².